The third-order valence-corrected chi connectivity index (χ3v) is 16.0. The molecule has 0 bridgehead atoms. The number of fused-ring (bicyclic) bond motifs is 7. The monoisotopic (exact) mass is 888 g/mol. The first kappa shape index (κ1) is 37.7. The van der Waals surface area contributed by atoms with E-state index in [9.17, 15) is 0 Å². The molecular weight excluding hydrogens is 848 g/mol. The topological polar surface area (TPSA) is 0 Å². The molecule has 13 rings (SSSR count). The summed E-state index contributed by atoms with van der Waals surface area (Å²) >= 11 is 0.133. The van der Waals surface area contributed by atoms with Crippen molar-refractivity contribution in [3.63, 3.8) is 0 Å². The smallest absolute Gasteiger partial charge is 0.0544 e. The van der Waals surface area contributed by atoms with Gasteiger partial charge in [-0.05, 0) is 0 Å². The van der Waals surface area contributed by atoms with Gasteiger partial charge in [-0.1, -0.05) is 60.7 Å². The second-order valence-corrected chi connectivity index (χ2v) is 19.3. The van der Waals surface area contributed by atoms with E-state index in [2.05, 4.69) is 243 Å². The number of benzene rings is 12. The molecule has 0 aliphatic rings. The van der Waals surface area contributed by atoms with Crippen LogP contribution >= 0.6 is 0 Å². The molecule has 0 spiro atoms. The molecule has 302 valence electrons. The van der Waals surface area contributed by atoms with Gasteiger partial charge in [-0.15, -0.1) is 0 Å². The molecule has 1 aromatic heterocycles. The Morgan fingerprint density at radius 3 is 1.05 bits per heavy atom. The molecule has 0 saturated heterocycles. The largest absolute Gasteiger partial charge is 0.0617 e. The maximum Gasteiger partial charge on any atom is -0.0544 e. The minimum absolute atomic E-state index is 0.133. The van der Waals surface area contributed by atoms with Gasteiger partial charge in [0.15, 0.2) is 0 Å². The van der Waals surface area contributed by atoms with Crippen LogP contribution in [0.4, 0.5) is 0 Å². The Kier molecular flexibility index (Phi) is 8.98. The Morgan fingerprint density at radius 1 is 0.200 bits per heavy atom. The zero-order valence-corrected chi connectivity index (χ0v) is 37.2. The molecule has 0 unspecified atom stereocenters. The molecule has 65 heavy (non-hydrogen) atoms. The third-order valence-electron chi connectivity index (χ3n) is 13.4. The van der Waals surface area contributed by atoms with Crippen molar-refractivity contribution >= 4 is 76.9 Å². The van der Waals surface area contributed by atoms with Crippen LogP contribution in [0.25, 0.3) is 129 Å². The molecule has 0 fully saturated rings. The van der Waals surface area contributed by atoms with Gasteiger partial charge in [0.2, 0.25) is 0 Å². The van der Waals surface area contributed by atoms with Gasteiger partial charge in [0.25, 0.3) is 0 Å². The van der Waals surface area contributed by atoms with E-state index in [0.717, 1.165) is 0 Å². The van der Waals surface area contributed by atoms with Gasteiger partial charge in [0.05, 0.1) is 0 Å². The van der Waals surface area contributed by atoms with E-state index in [4.69, 9.17) is 0 Å². The fourth-order valence-corrected chi connectivity index (χ4v) is 13.1. The van der Waals surface area contributed by atoms with E-state index in [-0.39, 0.29) is 14.5 Å². The predicted octanol–water partition coefficient (Wildman–Crippen LogP) is 17.7. The second kappa shape index (κ2) is 15.5. The number of rotatable bonds is 6. The molecule has 0 aliphatic heterocycles. The second-order valence-electron chi connectivity index (χ2n) is 17.1. The minimum Gasteiger partial charge on any atom is -0.0617 e. The van der Waals surface area contributed by atoms with Crippen LogP contribution in [0.2, 0.25) is 0 Å². The van der Waals surface area contributed by atoms with Crippen LogP contribution in [0.3, 0.4) is 0 Å². The normalized spacial score (nSPS) is 11.7. The zero-order valence-electron chi connectivity index (χ0n) is 35.5. The Balaban J connectivity index is 1.03. The molecule has 0 saturated carbocycles. The van der Waals surface area contributed by atoms with E-state index in [0.29, 0.717) is 0 Å². The summed E-state index contributed by atoms with van der Waals surface area (Å²) in [4.78, 5) is 0. The minimum atomic E-state index is 0.133. The summed E-state index contributed by atoms with van der Waals surface area (Å²) in [7, 11) is 0. The first-order valence-corrected chi connectivity index (χ1v) is 24.1. The summed E-state index contributed by atoms with van der Waals surface area (Å²) in [6, 6.07) is 90.1. The van der Waals surface area contributed by atoms with Gasteiger partial charge in [-0.3, -0.25) is 0 Å². The van der Waals surface area contributed by atoms with E-state index in [1.54, 1.807) is 0 Å². The van der Waals surface area contributed by atoms with Crippen molar-refractivity contribution in [3.8, 4) is 66.8 Å². The molecule has 0 aliphatic carbocycles. The van der Waals surface area contributed by atoms with E-state index >= 15 is 0 Å². The van der Waals surface area contributed by atoms with Crippen LogP contribution in [0.1, 0.15) is 0 Å². The average molecular weight is 888 g/mol. The number of hydrogen-bond acceptors (Lipinski definition) is 0. The van der Waals surface area contributed by atoms with Crippen molar-refractivity contribution in [2.75, 3.05) is 0 Å². The summed E-state index contributed by atoms with van der Waals surface area (Å²) in [5.74, 6) is 0. The van der Waals surface area contributed by atoms with Gasteiger partial charge in [0.1, 0.15) is 0 Å². The third kappa shape index (κ3) is 6.20. The summed E-state index contributed by atoms with van der Waals surface area (Å²) in [6.45, 7) is 0. The standard InChI is InChI=1S/C64H40Se/c1-4-19-41(20-5-1)45-37-46(42-21-6-2-7-22-42)39-47(38-45)62-50-27-12-10-25-48(50)61(49-26-11-13-28-51(49)62)44-35-36-59-58(40-44)56-33-18-34-57(64(56)65-59)63-54-31-16-14-29-52(54)60(43-23-8-3-9-24-43)53-30-15-17-32-55(53)63/h1-40H. The molecule has 1 heteroatoms. The van der Waals surface area contributed by atoms with Crippen LogP contribution in [0, 0.1) is 0 Å². The fraction of sp³-hybridized carbons (Fsp3) is 0. The van der Waals surface area contributed by atoms with Crippen LogP contribution in [0.15, 0.2) is 243 Å². The Hall–Kier alpha value is -7.80. The van der Waals surface area contributed by atoms with Crippen molar-refractivity contribution in [2.45, 2.75) is 0 Å². The summed E-state index contributed by atoms with van der Waals surface area (Å²) in [5.41, 5.74) is 15.1. The van der Waals surface area contributed by atoms with Crippen LogP contribution in [-0.4, -0.2) is 14.5 Å². The molecule has 0 atom stereocenters. The van der Waals surface area contributed by atoms with E-state index in [1.807, 2.05) is 0 Å². The van der Waals surface area contributed by atoms with Gasteiger partial charge in [0, 0.05) is 0 Å². The summed E-state index contributed by atoms with van der Waals surface area (Å²) in [5, 5.41) is 12.9. The van der Waals surface area contributed by atoms with Crippen LogP contribution in [0.5, 0.6) is 0 Å². The Morgan fingerprint density at radius 2 is 0.569 bits per heavy atom. The van der Waals surface area contributed by atoms with Gasteiger partial charge in [-0.25, -0.2) is 0 Å². The molecule has 0 nitrogen and oxygen atoms in total. The van der Waals surface area contributed by atoms with Crippen molar-refractivity contribution in [1.82, 2.24) is 0 Å². The number of hydrogen-bond donors (Lipinski definition) is 0. The average Bonchev–Trinajstić information content (AvgIpc) is 3.76. The van der Waals surface area contributed by atoms with E-state index in [1.165, 1.54) is 129 Å². The van der Waals surface area contributed by atoms with Crippen molar-refractivity contribution < 1.29 is 0 Å². The first-order chi connectivity index (χ1) is 32.3. The molecule has 1 heterocycles. The molecule has 0 N–H and O–H groups in total. The Labute approximate surface area is 384 Å². The maximum absolute atomic E-state index is 2.50. The summed E-state index contributed by atoms with van der Waals surface area (Å²) < 4.78 is 2.90. The summed E-state index contributed by atoms with van der Waals surface area (Å²) in [6.07, 6.45) is 0. The molecule has 0 amide bonds. The maximum atomic E-state index is 2.50. The van der Waals surface area contributed by atoms with Crippen LogP contribution < -0.4 is 0 Å². The zero-order chi connectivity index (χ0) is 42.8. The van der Waals surface area contributed by atoms with Crippen LogP contribution in [-0.2, 0) is 0 Å². The molecule has 0 radical (unpaired) electrons. The fourth-order valence-electron chi connectivity index (χ4n) is 10.6. The van der Waals surface area contributed by atoms with Gasteiger partial charge < -0.3 is 0 Å². The van der Waals surface area contributed by atoms with Crippen molar-refractivity contribution in [1.29, 1.82) is 0 Å². The molecular formula is C64H40Se. The Bertz CT molecular complexity index is 3800. The first-order valence-electron chi connectivity index (χ1n) is 22.4. The molecule has 12 aromatic carbocycles. The van der Waals surface area contributed by atoms with Gasteiger partial charge >= 0.3 is 326 Å². The predicted molar refractivity (Wildman–Crippen MR) is 281 cm³/mol. The van der Waals surface area contributed by atoms with E-state index < -0.39 is 0 Å². The van der Waals surface area contributed by atoms with Crippen molar-refractivity contribution in [2.24, 2.45) is 0 Å². The quantitative estimate of drug-likeness (QED) is 0.115. The van der Waals surface area contributed by atoms with Crippen molar-refractivity contribution in [3.05, 3.63) is 243 Å². The molecule has 13 aromatic rings. The van der Waals surface area contributed by atoms with Gasteiger partial charge in [-0.2, -0.15) is 0 Å². The SMILES string of the molecule is c1ccc(-c2cc(-c3ccccc3)cc(-c3c4ccccc4c(-c4ccc5[se]c6c(-c7c8ccccc8c(-c8ccccc8)c8ccccc78)cccc6c5c4)c4ccccc34)c2)cc1.